The fraction of sp³-hybridized carbons (Fsp3) is 0.0847. The molecule has 288 valence electrons. The van der Waals surface area contributed by atoms with Crippen LogP contribution in [-0.2, 0) is 5.41 Å². The van der Waals surface area contributed by atoms with Gasteiger partial charge in [0.1, 0.15) is 0 Å². The molecule has 0 amide bonds. The van der Waals surface area contributed by atoms with Gasteiger partial charge in [-0.05, 0) is 143 Å². The van der Waals surface area contributed by atoms with Crippen molar-refractivity contribution in [2.75, 3.05) is 4.90 Å². The first-order valence-corrected chi connectivity index (χ1v) is 21.0. The van der Waals surface area contributed by atoms with Crippen molar-refractivity contribution in [1.29, 1.82) is 0 Å². The Balaban J connectivity index is 1.10. The van der Waals surface area contributed by atoms with Gasteiger partial charge in [0.25, 0.3) is 0 Å². The highest BCUT2D eigenvalue weighted by Crippen LogP contribution is 2.56. The molecule has 1 heteroatoms. The van der Waals surface area contributed by atoms with E-state index in [1.807, 2.05) is 0 Å². The molecule has 1 nitrogen and oxygen atoms in total. The van der Waals surface area contributed by atoms with Crippen LogP contribution in [0.25, 0.3) is 44.5 Å². The van der Waals surface area contributed by atoms with Crippen LogP contribution in [0.5, 0.6) is 0 Å². The summed E-state index contributed by atoms with van der Waals surface area (Å²) < 4.78 is 0. The minimum absolute atomic E-state index is 0.422. The molecule has 10 rings (SSSR count). The molecule has 1 aliphatic carbocycles. The third-order valence-corrected chi connectivity index (χ3v) is 12.4. The quantitative estimate of drug-likeness (QED) is 0.149. The zero-order valence-corrected chi connectivity index (χ0v) is 34.7. The molecule has 0 aromatic heterocycles. The Hall–Kier alpha value is -7.22. The lowest BCUT2D eigenvalue weighted by molar-refractivity contribution is 0.768. The van der Waals surface area contributed by atoms with Gasteiger partial charge in [-0.1, -0.05) is 186 Å². The number of nitrogens with zero attached hydrogens (tertiary/aromatic N) is 1. The van der Waals surface area contributed by atoms with E-state index in [1.54, 1.807) is 0 Å². The molecule has 9 aromatic carbocycles. The van der Waals surface area contributed by atoms with E-state index in [2.05, 4.69) is 245 Å². The van der Waals surface area contributed by atoms with Crippen molar-refractivity contribution in [2.45, 2.75) is 33.1 Å². The van der Waals surface area contributed by atoms with Crippen molar-refractivity contribution in [2.24, 2.45) is 0 Å². The van der Waals surface area contributed by atoms with Gasteiger partial charge in [0, 0.05) is 17.1 Å². The highest BCUT2D eigenvalue weighted by Gasteiger charge is 2.45. The average Bonchev–Trinajstić information content (AvgIpc) is 3.59. The van der Waals surface area contributed by atoms with Crippen LogP contribution in [0.1, 0.15) is 44.5 Å². The van der Waals surface area contributed by atoms with Crippen LogP contribution >= 0.6 is 0 Å². The van der Waals surface area contributed by atoms with Crippen LogP contribution in [0.4, 0.5) is 17.1 Å². The van der Waals surface area contributed by atoms with Crippen LogP contribution in [0.15, 0.2) is 212 Å². The molecule has 0 atom stereocenters. The van der Waals surface area contributed by atoms with Crippen molar-refractivity contribution < 1.29 is 0 Å². The van der Waals surface area contributed by atoms with Crippen molar-refractivity contribution in [3.8, 4) is 44.5 Å². The molecule has 60 heavy (non-hydrogen) atoms. The molecular weight excluding hydrogens is 723 g/mol. The molecule has 1 aliphatic rings. The summed E-state index contributed by atoms with van der Waals surface area (Å²) in [7, 11) is 0. The lowest BCUT2D eigenvalue weighted by atomic mass is 9.67. The Morgan fingerprint density at radius 1 is 0.283 bits per heavy atom. The van der Waals surface area contributed by atoms with E-state index in [4.69, 9.17) is 0 Å². The van der Waals surface area contributed by atoms with Crippen molar-refractivity contribution in [1.82, 2.24) is 0 Å². The van der Waals surface area contributed by atoms with Gasteiger partial charge in [-0.3, -0.25) is 0 Å². The Kier molecular flexibility index (Phi) is 9.38. The first-order chi connectivity index (χ1) is 29.3. The second-order valence-corrected chi connectivity index (χ2v) is 16.5. The van der Waals surface area contributed by atoms with Gasteiger partial charge in [0.2, 0.25) is 0 Å². The number of hydrogen-bond acceptors (Lipinski definition) is 1. The molecule has 0 N–H and O–H groups in total. The fourth-order valence-corrected chi connectivity index (χ4v) is 9.35. The maximum Gasteiger partial charge on any atom is 0.0713 e. The summed E-state index contributed by atoms with van der Waals surface area (Å²) in [6, 6.07) is 79.0. The molecule has 0 bridgehead atoms. The number of fused-ring (bicyclic) bond motifs is 3. The first-order valence-electron chi connectivity index (χ1n) is 21.0. The standard InChI is InChI=1S/C59H47N/c1-40-19-27-50(28-20-40)59(57-17-7-5-15-55(57)56-16-6-8-18-58(56)59)51-29-25-44(26-30-51)46-13-10-14-47(36-46)49-37-48(45-12-9-11-43(4)35-45)38-54(39-49)60(52-31-21-41(2)22-32-52)53-33-23-42(3)24-34-53/h5-39H,1-4H3. The highest BCUT2D eigenvalue weighted by atomic mass is 15.1. The summed E-state index contributed by atoms with van der Waals surface area (Å²) in [6.45, 7) is 8.62. The number of rotatable bonds is 8. The van der Waals surface area contributed by atoms with Crippen molar-refractivity contribution in [3.05, 3.63) is 257 Å². The minimum Gasteiger partial charge on any atom is -0.310 e. The average molecular weight is 770 g/mol. The first kappa shape index (κ1) is 37.1. The van der Waals surface area contributed by atoms with E-state index >= 15 is 0 Å². The van der Waals surface area contributed by atoms with Crippen molar-refractivity contribution in [3.63, 3.8) is 0 Å². The van der Waals surface area contributed by atoms with Crippen molar-refractivity contribution >= 4 is 17.1 Å². The second kappa shape index (κ2) is 15.2. The smallest absolute Gasteiger partial charge is 0.0713 e. The Labute approximate surface area is 354 Å². The lowest BCUT2D eigenvalue weighted by Crippen LogP contribution is -2.28. The summed E-state index contributed by atoms with van der Waals surface area (Å²) in [4.78, 5) is 2.38. The van der Waals surface area contributed by atoms with Crippen LogP contribution in [0.3, 0.4) is 0 Å². The Bertz CT molecular complexity index is 2900. The monoisotopic (exact) mass is 769 g/mol. The normalized spacial score (nSPS) is 12.5. The molecule has 0 spiro atoms. The highest BCUT2D eigenvalue weighted by molar-refractivity contribution is 5.88. The van der Waals surface area contributed by atoms with E-state index in [9.17, 15) is 0 Å². The molecule has 0 saturated heterocycles. The zero-order chi connectivity index (χ0) is 40.8. The topological polar surface area (TPSA) is 3.24 Å². The van der Waals surface area contributed by atoms with Gasteiger partial charge in [-0.2, -0.15) is 0 Å². The third kappa shape index (κ3) is 6.53. The number of aryl methyl sites for hydroxylation is 4. The summed E-state index contributed by atoms with van der Waals surface area (Å²) in [5, 5.41) is 0. The number of anilines is 3. The SMILES string of the molecule is Cc1ccc(N(c2ccc(C)cc2)c2cc(-c3cccc(C)c3)cc(-c3cccc(-c4ccc(C5(c6ccc(C)cc6)c6ccccc6-c6ccccc65)cc4)c3)c2)cc1. The summed E-state index contributed by atoms with van der Waals surface area (Å²) in [5.41, 5.74) is 22.9. The molecule has 0 radical (unpaired) electrons. The fourth-order valence-electron chi connectivity index (χ4n) is 9.35. The lowest BCUT2D eigenvalue weighted by Gasteiger charge is -2.34. The van der Waals surface area contributed by atoms with Crippen LogP contribution in [0.2, 0.25) is 0 Å². The van der Waals surface area contributed by atoms with Gasteiger partial charge in [-0.15, -0.1) is 0 Å². The van der Waals surface area contributed by atoms with E-state index in [1.165, 1.54) is 89.0 Å². The van der Waals surface area contributed by atoms with E-state index in [-0.39, 0.29) is 0 Å². The Morgan fingerprint density at radius 2 is 0.700 bits per heavy atom. The number of hydrogen-bond donors (Lipinski definition) is 0. The van der Waals surface area contributed by atoms with E-state index < -0.39 is 5.41 Å². The minimum atomic E-state index is -0.422. The van der Waals surface area contributed by atoms with Gasteiger partial charge in [0.05, 0.1) is 5.41 Å². The predicted octanol–water partition coefficient (Wildman–Crippen LogP) is 15.8. The molecule has 0 fully saturated rings. The molecule has 0 unspecified atom stereocenters. The largest absolute Gasteiger partial charge is 0.310 e. The van der Waals surface area contributed by atoms with Gasteiger partial charge < -0.3 is 4.90 Å². The van der Waals surface area contributed by atoms with Crippen LogP contribution in [0, 0.1) is 27.7 Å². The molecule has 9 aromatic rings. The molecule has 0 saturated carbocycles. The molecule has 0 heterocycles. The third-order valence-electron chi connectivity index (χ3n) is 12.4. The van der Waals surface area contributed by atoms with Gasteiger partial charge in [-0.25, -0.2) is 0 Å². The summed E-state index contributed by atoms with van der Waals surface area (Å²) in [6.07, 6.45) is 0. The van der Waals surface area contributed by atoms with Gasteiger partial charge >= 0.3 is 0 Å². The van der Waals surface area contributed by atoms with Gasteiger partial charge in [0.15, 0.2) is 0 Å². The Morgan fingerprint density at radius 3 is 1.22 bits per heavy atom. The predicted molar refractivity (Wildman–Crippen MR) is 254 cm³/mol. The maximum absolute atomic E-state index is 2.38. The molecule has 0 aliphatic heterocycles. The van der Waals surface area contributed by atoms with E-state index in [0.29, 0.717) is 0 Å². The van der Waals surface area contributed by atoms with Crippen LogP contribution in [-0.4, -0.2) is 0 Å². The summed E-state index contributed by atoms with van der Waals surface area (Å²) in [5.74, 6) is 0. The summed E-state index contributed by atoms with van der Waals surface area (Å²) >= 11 is 0. The maximum atomic E-state index is 2.38. The number of benzene rings is 9. The molecular formula is C59H47N. The van der Waals surface area contributed by atoms with E-state index in [0.717, 1.165) is 17.1 Å². The van der Waals surface area contributed by atoms with Crippen LogP contribution < -0.4 is 4.90 Å². The zero-order valence-electron chi connectivity index (χ0n) is 34.7. The second-order valence-electron chi connectivity index (χ2n) is 16.5.